The van der Waals surface area contributed by atoms with E-state index in [0.717, 1.165) is 30.4 Å². The molecule has 1 aromatic rings. The van der Waals surface area contributed by atoms with E-state index >= 15 is 0 Å². The molecule has 1 fully saturated rings. The van der Waals surface area contributed by atoms with Gasteiger partial charge in [-0.2, -0.15) is 0 Å². The monoisotopic (exact) mass is 322 g/mol. The van der Waals surface area contributed by atoms with E-state index in [2.05, 4.69) is 21.2 Å². The third-order valence-corrected chi connectivity index (χ3v) is 4.35. The molecule has 4 nitrogen and oxygen atoms in total. The summed E-state index contributed by atoms with van der Waals surface area (Å²) < 4.78 is 0.828. The molecule has 1 saturated heterocycles. The third kappa shape index (κ3) is 2.32. The molecule has 5 heteroatoms. The zero-order chi connectivity index (χ0) is 13.4. The lowest BCUT2D eigenvalue weighted by Crippen LogP contribution is -2.32. The van der Waals surface area contributed by atoms with Crippen LogP contribution in [-0.2, 0) is 0 Å². The Morgan fingerprint density at radius 2 is 2.05 bits per heavy atom. The Balaban J connectivity index is 1.74. The van der Waals surface area contributed by atoms with Gasteiger partial charge in [-0.25, -0.2) is 0 Å². The quantitative estimate of drug-likeness (QED) is 0.866. The number of amides is 2. The third-order valence-electron chi connectivity index (χ3n) is 3.86. The first-order valence-corrected chi connectivity index (χ1v) is 7.32. The average Bonchev–Trinajstić information content (AvgIpc) is 2.98. The minimum Gasteiger partial charge on any atom is -0.316 e. The summed E-state index contributed by atoms with van der Waals surface area (Å²) in [6.07, 6.45) is 2.02. The van der Waals surface area contributed by atoms with Crippen LogP contribution in [0.2, 0.25) is 0 Å². The summed E-state index contributed by atoms with van der Waals surface area (Å²) >= 11 is 3.33. The van der Waals surface area contributed by atoms with Crippen molar-refractivity contribution in [2.45, 2.75) is 12.8 Å². The van der Waals surface area contributed by atoms with E-state index < -0.39 is 0 Å². The molecular weight excluding hydrogens is 308 g/mol. The van der Waals surface area contributed by atoms with Crippen molar-refractivity contribution in [1.82, 2.24) is 10.2 Å². The van der Waals surface area contributed by atoms with Crippen LogP contribution in [-0.4, -0.2) is 36.3 Å². The molecule has 2 amide bonds. The van der Waals surface area contributed by atoms with Gasteiger partial charge < -0.3 is 5.32 Å². The Labute approximate surface area is 120 Å². The second kappa shape index (κ2) is 5.06. The van der Waals surface area contributed by atoms with Crippen molar-refractivity contribution in [3.63, 3.8) is 0 Å². The number of carbonyl (C=O) groups excluding carboxylic acids is 2. The fourth-order valence-corrected chi connectivity index (χ4v) is 3.10. The summed E-state index contributed by atoms with van der Waals surface area (Å²) in [4.78, 5) is 25.8. The minimum atomic E-state index is -0.160. The van der Waals surface area contributed by atoms with E-state index in [1.54, 1.807) is 18.2 Å². The van der Waals surface area contributed by atoms with Crippen LogP contribution in [0.15, 0.2) is 22.7 Å². The molecule has 0 aromatic heterocycles. The lowest BCUT2D eigenvalue weighted by Gasteiger charge is -2.16. The number of benzene rings is 1. The summed E-state index contributed by atoms with van der Waals surface area (Å²) in [7, 11) is 0. The van der Waals surface area contributed by atoms with Crippen molar-refractivity contribution < 1.29 is 9.59 Å². The molecule has 3 rings (SSSR count). The lowest BCUT2D eigenvalue weighted by atomic mass is 10.1. The molecule has 1 N–H and O–H groups in total. The number of nitrogens with one attached hydrogen (secondary N) is 1. The van der Waals surface area contributed by atoms with Crippen molar-refractivity contribution in [3.05, 3.63) is 33.8 Å². The van der Waals surface area contributed by atoms with Gasteiger partial charge in [0.05, 0.1) is 11.1 Å². The molecule has 0 spiro atoms. The van der Waals surface area contributed by atoms with Crippen LogP contribution in [0.25, 0.3) is 0 Å². The fraction of sp³-hybridized carbons (Fsp3) is 0.429. The van der Waals surface area contributed by atoms with Crippen molar-refractivity contribution in [1.29, 1.82) is 0 Å². The maximum atomic E-state index is 12.2. The van der Waals surface area contributed by atoms with Crippen LogP contribution in [0, 0.1) is 5.92 Å². The SMILES string of the molecule is O=C1c2ccc(Br)cc2C(=O)N1CCC1CCNC1. The zero-order valence-electron chi connectivity index (χ0n) is 10.5. The molecule has 1 atom stereocenters. The largest absolute Gasteiger partial charge is 0.316 e. The van der Waals surface area contributed by atoms with E-state index in [1.165, 1.54) is 4.90 Å². The van der Waals surface area contributed by atoms with E-state index in [1.807, 2.05) is 0 Å². The Hall–Kier alpha value is -1.20. The molecule has 100 valence electrons. The number of nitrogens with zero attached hydrogens (tertiary/aromatic N) is 1. The van der Waals surface area contributed by atoms with Gasteiger partial charge in [0.15, 0.2) is 0 Å². The zero-order valence-corrected chi connectivity index (χ0v) is 12.1. The Kier molecular flexibility index (Phi) is 3.41. The standard InChI is InChI=1S/C14H15BrN2O2/c15-10-1-2-11-12(7-10)14(19)17(13(11)18)6-4-9-3-5-16-8-9/h1-2,7,9,16H,3-6,8H2. The smallest absolute Gasteiger partial charge is 0.261 e. The Morgan fingerprint density at radius 1 is 1.26 bits per heavy atom. The summed E-state index contributed by atoms with van der Waals surface area (Å²) in [6.45, 7) is 2.56. The van der Waals surface area contributed by atoms with Gasteiger partial charge in [-0.3, -0.25) is 14.5 Å². The molecule has 2 aliphatic rings. The second-order valence-corrected chi connectivity index (χ2v) is 6.02. The van der Waals surface area contributed by atoms with Crippen LogP contribution >= 0.6 is 15.9 Å². The molecule has 0 saturated carbocycles. The van der Waals surface area contributed by atoms with Gasteiger partial charge in [0.2, 0.25) is 0 Å². The number of fused-ring (bicyclic) bond motifs is 1. The summed E-state index contributed by atoms with van der Waals surface area (Å²) in [6, 6.07) is 5.25. The Morgan fingerprint density at radius 3 is 2.79 bits per heavy atom. The van der Waals surface area contributed by atoms with Crippen molar-refractivity contribution in [2.75, 3.05) is 19.6 Å². The van der Waals surface area contributed by atoms with Gasteiger partial charge in [0.25, 0.3) is 11.8 Å². The predicted molar refractivity (Wildman–Crippen MR) is 75.1 cm³/mol. The second-order valence-electron chi connectivity index (χ2n) is 5.10. The highest BCUT2D eigenvalue weighted by atomic mass is 79.9. The van der Waals surface area contributed by atoms with Crippen molar-refractivity contribution >= 4 is 27.7 Å². The summed E-state index contributed by atoms with van der Waals surface area (Å²) in [5, 5.41) is 3.30. The first kappa shape index (κ1) is 12.8. The number of rotatable bonds is 3. The van der Waals surface area contributed by atoms with Gasteiger partial charge in [-0.05, 0) is 50.0 Å². The van der Waals surface area contributed by atoms with Gasteiger partial charge in [-0.15, -0.1) is 0 Å². The maximum absolute atomic E-state index is 12.2. The van der Waals surface area contributed by atoms with Crippen molar-refractivity contribution in [3.8, 4) is 0 Å². The summed E-state index contributed by atoms with van der Waals surface area (Å²) in [5.74, 6) is 0.266. The van der Waals surface area contributed by atoms with E-state index in [-0.39, 0.29) is 11.8 Å². The van der Waals surface area contributed by atoms with Gasteiger partial charge in [0, 0.05) is 11.0 Å². The van der Waals surface area contributed by atoms with Crippen molar-refractivity contribution in [2.24, 2.45) is 5.92 Å². The van der Waals surface area contributed by atoms with Gasteiger partial charge in [-0.1, -0.05) is 15.9 Å². The number of halogens is 1. The fourth-order valence-electron chi connectivity index (χ4n) is 2.74. The maximum Gasteiger partial charge on any atom is 0.261 e. The highest BCUT2D eigenvalue weighted by Gasteiger charge is 2.35. The minimum absolute atomic E-state index is 0.154. The van der Waals surface area contributed by atoms with Gasteiger partial charge in [0.1, 0.15) is 0 Å². The lowest BCUT2D eigenvalue weighted by molar-refractivity contribution is 0.0646. The molecule has 1 unspecified atom stereocenters. The molecule has 2 aliphatic heterocycles. The topological polar surface area (TPSA) is 49.4 Å². The molecule has 0 bridgehead atoms. The highest BCUT2D eigenvalue weighted by Crippen LogP contribution is 2.26. The number of carbonyl (C=O) groups is 2. The predicted octanol–water partition coefficient (Wildman–Crippen LogP) is 2.04. The molecule has 0 aliphatic carbocycles. The molecule has 19 heavy (non-hydrogen) atoms. The van der Waals surface area contributed by atoms with E-state index in [0.29, 0.717) is 23.6 Å². The van der Waals surface area contributed by atoms with E-state index in [9.17, 15) is 9.59 Å². The Bertz CT molecular complexity index is 538. The van der Waals surface area contributed by atoms with Crippen LogP contribution in [0.5, 0.6) is 0 Å². The first-order valence-electron chi connectivity index (χ1n) is 6.53. The van der Waals surface area contributed by atoms with Crippen LogP contribution in [0.3, 0.4) is 0 Å². The summed E-state index contributed by atoms with van der Waals surface area (Å²) in [5.41, 5.74) is 1.04. The molecule has 1 aromatic carbocycles. The molecule has 0 radical (unpaired) electrons. The number of imide groups is 1. The van der Waals surface area contributed by atoms with Crippen LogP contribution in [0.4, 0.5) is 0 Å². The van der Waals surface area contributed by atoms with Crippen LogP contribution < -0.4 is 5.32 Å². The number of hydrogen-bond donors (Lipinski definition) is 1. The normalized spacial score (nSPS) is 22.2. The van der Waals surface area contributed by atoms with Crippen LogP contribution in [0.1, 0.15) is 33.6 Å². The highest BCUT2D eigenvalue weighted by molar-refractivity contribution is 9.10. The molecular formula is C14H15BrN2O2. The van der Waals surface area contributed by atoms with E-state index in [4.69, 9.17) is 0 Å². The first-order chi connectivity index (χ1) is 9.16. The van der Waals surface area contributed by atoms with Gasteiger partial charge >= 0.3 is 0 Å². The molecule has 2 heterocycles. The number of hydrogen-bond acceptors (Lipinski definition) is 3. The average molecular weight is 323 g/mol.